The van der Waals surface area contributed by atoms with Gasteiger partial charge in [-0.05, 0) is 36.5 Å². The summed E-state index contributed by atoms with van der Waals surface area (Å²) in [6.07, 6.45) is 2.61. The topological polar surface area (TPSA) is 48.4 Å². The molecule has 0 fully saturated rings. The summed E-state index contributed by atoms with van der Waals surface area (Å²) in [5, 5.41) is 3.15. The fraction of sp³-hybridized carbons (Fsp3) is 0.250. The second-order valence-corrected chi connectivity index (χ2v) is 5.68. The van der Waals surface area contributed by atoms with E-state index in [4.69, 9.17) is 14.9 Å². The molecule has 0 saturated heterocycles. The summed E-state index contributed by atoms with van der Waals surface area (Å²) in [4.78, 5) is 1.32. The maximum Gasteiger partial charge on any atom is 0.175 e. The van der Waals surface area contributed by atoms with Gasteiger partial charge in [0.25, 0.3) is 0 Å². The zero-order valence-electron chi connectivity index (χ0n) is 11.1. The lowest BCUT2D eigenvalue weighted by molar-refractivity contribution is 0.284. The van der Waals surface area contributed by atoms with Crippen molar-refractivity contribution in [3.8, 4) is 5.75 Å². The molecule has 0 aliphatic rings. The van der Waals surface area contributed by atoms with Gasteiger partial charge in [-0.2, -0.15) is 0 Å². The minimum atomic E-state index is 0.338. The Bertz CT molecular complexity index is 660. The molecule has 3 rings (SSSR count). The quantitative estimate of drug-likeness (QED) is 0.745. The monoisotopic (exact) mass is 287 g/mol. The number of rotatable bonds is 6. The van der Waals surface area contributed by atoms with E-state index < -0.39 is 0 Å². The first-order valence-corrected chi connectivity index (χ1v) is 7.59. The SMILES string of the molecule is NCCC(COc1cccc2ccoc12)c1cccs1. The van der Waals surface area contributed by atoms with Gasteiger partial charge in [0.05, 0.1) is 12.9 Å². The van der Waals surface area contributed by atoms with Crippen LogP contribution >= 0.6 is 11.3 Å². The molecule has 0 radical (unpaired) electrons. The van der Waals surface area contributed by atoms with Crippen molar-refractivity contribution in [3.05, 3.63) is 52.9 Å². The fourth-order valence-corrected chi connectivity index (χ4v) is 3.15. The number of hydrogen-bond acceptors (Lipinski definition) is 4. The maximum absolute atomic E-state index is 5.97. The molecule has 0 bridgehead atoms. The molecule has 0 aliphatic heterocycles. The van der Waals surface area contributed by atoms with Crippen molar-refractivity contribution in [3.63, 3.8) is 0 Å². The van der Waals surface area contributed by atoms with E-state index in [0.717, 1.165) is 23.1 Å². The van der Waals surface area contributed by atoms with Gasteiger partial charge in [0.1, 0.15) is 0 Å². The summed E-state index contributed by atoms with van der Waals surface area (Å²) >= 11 is 1.75. The first kappa shape index (κ1) is 13.2. The number of furan rings is 1. The number of nitrogens with two attached hydrogens (primary N) is 1. The third-order valence-electron chi connectivity index (χ3n) is 3.34. The van der Waals surface area contributed by atoms with E-state index in [-0.39, 0.29) is 0 Å². The van der Waals surface area contributed by atoms with Gasteiger partial charge in [-0.1, -0.05) is 18.2 Å². The molecule has 4 heteroatoms. The molecule has 1 atom stereocenters. The van der Waals surface area contributed by atoms with Crippen LogP contribution in [-0.2, 0) is 0 Å². The zero-order valence-corrected chi connectivity index (χ0v) is 11.9. The summed E-state index contributed by atoms with van der Waals surface area (Å²) in [5.41, 5.74) is 6.52. The summed E-state index contributed by atoms with van der Waals surface area (Å²) in [5.74, 6) is 1.14. The highest BCUT2D eigenvalue weighted by Gasteiger charge is 2.14. The molecule has 3 aromatic rings. The second kappa shape index (κ2) is 6.11. The number of benzene rings is 1. The smallest absolute Gasteiger partial charge is 0.175 e. The van der Waals surface area contributed by atoms with Gasteiger partial charge in [-0.3, -0.25) is 0 Å². The summed E-state index contributed by atoms with van der Waals surface area (Å²) < 4.78 is 11.5. The Morgan fingerprint density at radius 1 is 1.20 bits per heavy atom. The van der Waals surface area contributed by atoms with Crippen LogP contribution in [-0.4, -0.2) is 13.2 Å². The molecule has 3 nitrogen and oxygen atoms in total. The minimum absolute atomic E-state index is 0.338. The lowest BCUT2D eigenvalue weighted by Gasteiger charge is -2.15. The van der Waals surface area contributed by atoms with Crippen molar-refractivity contribution in [2.75, 3.05) is 13.2 Å². The van der Waals surface area contributed by atoms with Crippen molar-refractivity contribution < 1.29 is 9.15 Å². The summed E-state index contributed by atoms with van der Waals surface area (Å²) in [7, 11) is 0. The minimum Gasteiger partial charge on any atom is -0.489 e. The fourth-order valence-electron chi connectivity index (χ4n) is 2.30. The Balaban J connectivity index is 1.75. The molecule has 20 heavy (non-hydrogen) atoms. The van der Waals surface area contributed by atoms with Crippen molar-refractivity contribution >= 4 is 22.3 Å². The van der Waals surface area contributed by atoms with Crippen LogP contribution in [0.3, 0.4) is 0 Å². The van der Waals surface area contributed by atoms with Crippen LogP contribution in [0.4, 0.5) is 0 Å². The van der Waals surface area contributed by atoms with Gasteiger partial charge in [-0.25, -0.2) is 0 Å². The first-order chi connectivity index (χ1) is 9.88. The Morgan fingerprint density at radius 3 is 2.95 bits per heavy atom. The maximum atomic E-state index is 5.97. The Labute approximate surface area is 122 Å². The van der Waals surface area contributed by atoms with Crippen LogP contribution in [0.1, 0.15) is 17.2 Å². The van der Waals surface area contributed by atoms with E-state index >= 15 is 0 Å². The molecule has 2 heterocycles. The average Bonchev–Trinajstić information content (AvgIpc) is 3.13. The first-order valence-electron chi connectivity index (χ1n) is 6.71. The largest absolute Gasteiger partial charge is 0.489 e. The molecule has 2 N–H and O–H groups in total. The Hall–Kier alpha value is -1.78. The van der Waals surface area contributed by atoms with Gasteiger partial charge < -0.3 is 14.9 Å². The zero-order chi connectivity index (χ0) is 13.8. The summed E-state index contributed by atoms with van der Waals surface area (Å²) in [6.45, 7) is 1.29. The van der Waals surface area contributed by atoms with Crippen molar-refractivity contribution in [1.82, 2.24) is 0 Å². The third-order valence-corrected chi connectivity index (χ3v) is 4.38. The number of fused-ring (bicyclic) bond motifs is 1. The highest BCUT2D eigenvalue weighted by molar-refractivity contribution is 7.10. The highest BCUT2D eigenvalue weighted by atomic mass is 32.1. The van der Waals surface area contributed by atoms with E-state index in [2.05, 4.69) is 17.5 Å². The van der Waals surface area contributed by atoms with Gasteiger partial charge in [0, 0.05) is 16.2 Å². The standard InChI is InChI=1S/C16H17NO2S/c17-8-6-13(15-5-2-10-20-15)11-19-14-4-1-3-12-7-9-18-16(12)14/h1-5,7,9-10,13H,6,8,11,17H2. The van der Waals surface area contributed by atoms with E-state index in [0.29, 0.717) is 19.1 Å². The van der Waals surface area contributed by atoms with Gasteiger partial charge in [0.2, 0.25) is 0 Å². The molecule has 0 spiro atoms. The second-order valence-electron chi connectivity index (χ2n) is 4.70. The number of para-hydroxylation sites is 1. The van der Waals surface area contributed by atoms with Crippen molar-refractivity contribution in [2.45, 2.75) is 12.3 Å². The van der Waals surface area contributed by atoms with Crippen molar-refractivity contribution in [2.24, 2.45) is 5.73 Å². The Morgan fingerprint density at radius 2 is 2.15 bits per heavy atom. The molecular weight excluding hydrogens is 270 g/mol. The predicted octanol–water partition coefficient (Wildman–Crippen LogP) is 4.01. The van der Waals surface area contributed by atoms with Crippen molar-refractivity contribution in [1.29, 1.82) is 0 Å². The number of hydrogen-bond donors (Lipinski definition) is 1. The molecule has 0 amide bonds. The molecule has 0 saturated carbocycles. The third kappa shape index (κ3) is 2.71. The average molecular weight is 287 g/mol. The van der Waals surface area contributed by atoms with E-state index in [1.807, 2.05) is 24.3 Å². The number of ether oxygens (including phenoxy) is 1. The lowest BCUT2D eigenvalue weighted by atomic mass is 10.1. The molecule has 0 aliphatic carbocycles. The Kier molecular flexibility index (Phi) is 4.04. The van der Waals surface area contributed by atoms with Crippen LogP contribution in [0.5, 0.6) is 5.75 Å². The van der Waals surface area contributed by atoms with E-state index in [9.17, 15) is 0 Å². The van der Waals surface area contributed by atoms with Crippen LogP contribution in [0.2, 0.25) is 0 Å². The highest BCUT2D eigenvalue weighted by Crippen LogP contribution is 2.29. The molecule has 104 valence electrons. The normalized spacial score (nSPS) is 12.7. The summed E-state index contributed by atoms with van der Waals surface area (Å²) in [6, 6.07) is 12.1. The van der Waals surface area contributed by atoms with Gasteiger partial charge in [0.15, 0.2) is 11.3 Å². The van der Waals surface area contributed by atoms with Crippen LogP contribution < -0.4 is 10.5 Å². The van der Waals surface area contributed by atoms with E-state index in [1.54, 1.807) is 17.6 Å². The molecule has 1 aromatic carbocycles. The predicted molar refractivity (Wildman–Crippen MR) is 82.4 cm³/mol. The van der Waals surface area contributed by atoms with E-state index in [1.165, 1.54) is 4.88 Å². The molecule has 1 unspecified atom stereocenters. The number of thiophene rings is 1. The lowest BCUT2D eigenvalue weighted by Crippen LogP contribution is -2.14. The molecular formula is C16H17NO2S. The van der Waals surface area contributed by atoms with Gasteiger partial charge in [-0.15, -0.1) is 11.3 Å². The van der Waals surface area contributed by atoms with Crippen LogP contribution in [0.25, 0.3) is 11.0 Å². The van der Waals surface area contributed by atoms with Gasteiger partial charge >= 0.3 is 0 Å². The van der Waals surface area contributed by atoms with Crippen LogP contribution in [0.15, 0.2) is 52.5 Å². The van der Waals surface area contributed by atoms with Crippen LogP contribution in [0, 0.1) is 0 Å². The molecule has 2 aromatic heterocycles.